The first-order valence-electron chi connectivity index (χ1n) is 6.22. The van der Waals surface area contributed by atoms with Crippen molar-refractivity contribution in [2.45, 2.75) is 39.2 Å². The number of nitrogens with zero attached hydrogens (tertiary/aromatic N) is 1. The molecule has 1 rings (SSSR count). The van der Waals surface area contributed by atoms with Gasteiger partial charge in [-0.25, -0.2) is 0 Å². The van der Waals surface area contributed by atoms with E-state index >= 15 is 0 Å². The molecule has 2 N–H and O–H groups in total. The van der Waals surface area contributed by atoms with Gasteiger partial charge in [-0.05, 0) is 33.6 Å². The molecular formula is C12H25N3O. The second-order valence-corrected chi connectivity index (χ2v) is 5.44. The Kier molecular flexibility index (Phi) is 5.22. The maximum atomic E-state index is 11.6. The summed E-state index contributed by atoms with van der Waals surface area (Å²) in [4.78, 5) is 13.6. The van der Waals surface area contributed by atoms with Crippen LogP contribution in [0.4, 0.5) is 0 Å². The summed E-state index contributed by atoms with van der Waals surface area (Å²) in [7, 11) is 0. The molecule has 4 nitrogen and oxygen atoms in total. The summed E-state index contributed by atoms with van der Waals surface area (Å²) in [6.45, 7) is 10.5. The average Bonchev–Trinajstić information content (AvgIpc) is 2.67. The van der Waals surface area contributed by atoms with E-state index < -0.39 is 0 Å². The maximum absolute atomic E-state index is 11.6. The Morgan fingerprint density at radius 3 is 2.38 bits per heavy atom. The van der Waals surface area contributed by atoms with Gasteiger partial charge in [0.15, 0.2) is 0 Å². The van der Waals surface area contributed by atoms with Crippen LogP contribution in [0.25, 0.3) is 0 Å². The van der Waals surface area contributed by atoms with Gasteiger partial charge in [-0.2, -0.15) is 0 Å². The van der Waals surface area contributed by atoms with Crippen molar-refractivity contribution >= 4 is 5.91 Å². The number of hydrogen-bond acceptors (Lipinski definition) is 3. The molecule has 4 heteroatoms. The van der Waals surface area contributed by atoms with E-state index in [1.807, 2.05) is 4.90 Å². The summed E-state index contributed by atoms with van der Waals surface area (Å²) in [6, 6.07) is 0. The zero-order valence-corrected chi connectivity index (χ0v) is 10.8. The SMILES string of the molecule is CC(C)(C)NCCNCC(=O)N1CCCC1. The van der Waals surface area contributed by atoms with Gasteiger partial charge >= 0.3 is 0 Å². The number of likely N-dealkylation sites (tertiary alicyclic amines) is 1. The lowest BCUT2D eigenvalue weighted by Crippen LogP contribution is -2.42. The smallest absolute Gasteiger partial charge is 0.236 e. The molecule has 0 unspecified atom stereocenters. The summed E-state index contributed by atoms with van der Waals surface area (Å²) in [5.74, 6) is 0.244. The monoisotopic (exact) mass is 227 g/mol. The number of carbonyl (C=O) groups excluding carboxylic acids is 1. The Balaban J connectivity index is 2.00. The van der Waals surface area contributed by atoms with Gasteiger partial charge in [-0.3, -0.25) is 4.79 Å². The molecule has 1 aliphatic rings. The minimum absolute atomic E-state index is 0.153. The van der Waals surface area contributed by atoms with E-state index in [9.17, 15) is 4.79 Å². The highest BCUT2D eigenvalue weighted by Crippen LogP contribution is 2.06. The second kappa shape index (κ2) is 6.21. The molecule has 1 saturated heterocycles. The van der Waals surface area contributed by atoms with Gasteiger partial charge in [-0.1, -0.05) is 0 Å². The van der Waals surface area contributed by atoms with E-state index in [4.69, 9.17) is 0 Å². The van der Waals surface area contributed by atoms with Crippen molar-refractivity contribution in [1.82, 2.24) is 15.5 Å². The molecule has 0 bridgehead atoms. The Labute approximate surface area is 98.8 Å². The van der Waals surface area contributed by atoms with Crippen molar-refractivity contribution in [3.63, 3.8) is 0 Å². The zero-order valence-electron chi connectivity index (χ0n) is 10.8. The molecule has 0 aromatic rings. The van der Waals surface area contributed by atoms with E-state index in [0.717, 1.165) is 39.0 Å². The minimum Gasteiger partial charge on any atom is -0.342 e. The first kappa shape index (κ1) is 13.5. The van der Waals surface area contributed by atoms with Gasteiger partial charge in [-0.15, -0.1) is 0 Å². The summed E-state index contributed by atoms with van der Waals surface area (Å²) in [5, 5.41) is 6.56. The van der Waals surface area contributed by atoms with E-state index in [1.165, 1.54) is 0 Å². The minimum atomic E-state index is 0.153. The van der Waals surface area contributed by atoms with Crippen molar-refractivity contribution in [1.29, 1.82) is 0 Å². The molecule has 0 radical (unpaired) electrons. The lowest BCUT2D eigenvalue weighted by molar-refractivity contribution is -0.129. The molecular weight excluding hydrogens is 202 g/mol. The highest BCUT2D eigenvalue weighted by Gasteiger charge is 2.16. The largest absolute Gasteiger partial charge is 0.342 e. The third-order valence-corrected chi connectivity index (χ3v) is 2.69. The molecule has 1 fully saturated rings. The van der Waals surface area contributed by atoms with Gasteiger partial charge in [0.1, 0.15) is 0 Å². The molecule has 1 aliphatic heterocycles. The first-order valence-corrected chi connectivity index (χ1v) is 6.22. The number of rotatable bonds is 5. The molecule has 0 aliphatic carbocycles. The van der Waals surface area contributed by atoms with Crippen LogP contribution in [0.2, 0.25) is 0 Å². The van der Waals surface area contributed by atoms with E-state index in [-0.39, 0.29) is 11.4 Å². The topological polar surface area (TPSA) is 44.4 Å². The Morgan fingerprint density at radius 2 is 1.81 bits per heavy atom. The second-order valence-electron chi connectivity index (χ2n) is 5.44. The van der Waals surface area contributed by atoms with E-state index in [0.29, 0.717) is 6.54 Å². The van der Waals surface area contributed by atoms with Crippen molar-refractivity contribution in [2.75, 3.05) is 32.7 Å². The van der Waals surface area contributed by atoms with Crippen LogP contribution in [0, 0.1) is 0 Å². The number of hydrogen-bond donors (Lipinski definition) is 2. The van der Waals surface area contributed by atoms with Crippen LogP contribution >= 0.6 is 0 Å². The zero-order chi connectivity index (χ0) is 12.0. The summed E-state index contributed by atoms with van der Waals surface area (Å²) in [5.41, 5.74) is 0.153. The van der Waals surface area contributed by atoms with Crippen LogP contribution < -0.4 is 10.6 Å². The fraction of sp³-hybridized carbons (Fsp3) is 0.917. The summed E-state index contributed by atoms with van der Waals surface area (Å²) in [6.07, 6.45) is 2.33. The van der Waals surface area contributed by atoms with Gasteiger partial charge in [0, 0.05) is 31.7 Å². The molecule has 1 heterocycles. The van der Waals surface area contributed by atoms with Crippen LogP contribution in [0.5, 0.6) is 0 Å². The maximum Gasteiger partial charge on any atom is 0.236 e. The first-order chi connectivity index (χ1) is 7.49. The fourth-order valence-corrected chi connectivity index (χ4v) is 1.80. The Hall–Kier alpha value is -0.610. The van der Waals surface area contributed by atoms with E-state index in [1.54, 1.807) is 0 Å². The molecule has 94 valence electrons. The quantitative estimate of drug-likeness (QED) is 0.676. The van der Waals surface area contributed by atoms with Gasteiger partial charge < -0.3 is 15.5 Å². The summed E-state index contributed by atoms with van der Waals surface area (Å²) >= 11 is 0. The van der Waals surface area contributed by atoms with Crippen molar-refractivity contribution in [3.05, 3.63) is 0 Å². The average molecular weight is 227 g/mol. The van der Waals surface area contributed by atoms with Crippen molar-refractivity contribution in [2.24, 2.45) is 0 Å². The van der Waals surface area contributed by atoms with Crippen LogP contribution in [0.3, 0.4) is 0 Å². The van der Waals surface area contributed by atoms with Gasteiger partial charge in [0.2, 0.25) is 5.91 Å². The van der Waals surface area contributed by atoms with Crippen LogP contribution in [-0.4, -0.2) is 49.1 Å². The predicted molar refractivity (Wildman–Crippen MR) is 66.4 cm³/mol. The molecule has 0 spiro atoms. The van der Waals surface area contributed by atoms with Crippen LogP contribution in [0.15, 0.2) is 0 Å². The number of nitrogens with one attached hydrogen (secondary N) is 2. The van der Waals surface area contributed by atoms with Crippen molar-refractivity contribution < 1.29 is 4.79 Å². The Bertz CT molecular complexity index is 217. The predicted octanol–water partition coefficient (Wildman–Crippen LogP) is 0.587. The Morgan fingerprint density at radius 1 is 1.19 bits per heavy atom. The standard InChI is InChI=1S/C12H25N3O/c1-12(2,3)14-7-6-13-10-11(16)15-8-4-5-9-15/h13-14H,4-10H2,1-3H3. The molecule has 0 aromatic heterocycles. The van der Waals surface area contributed by atoms with Crippen LogP contribution in [0.1, 0.15) is 33.6 Å². The molecule has 0 aromatic carbocycles. The number of carbonyl (C=O) groups is 1. The molecule has 16 heavy (non-hydrogen) atoms. The lowest BCUT2D eigenvalue weighted by atomic mass is 10.1. The summed E-state index contributed by atoms with van der Waals surface area (Å²) < 4.78 is 0. The molecule has 0 atom stereocenters. The molecule has 1 amide bonds. The fourth-order valence-electron chi connectivity index (χ4n) is 1.80. The van der Waals surface area contributed by atoms with Gasteiger partial charge in [0.05, 0.1) is 6.54 Å². The van der Waals surface area contributed by atoms with Gasteiger partial charge in [0.25, 0.3) is 0 Å². The van der Waals surface area contributed by atoms with Crippen molar-refractivity contribution in [3.8, 4) is 0 Å². The highest BCUT2D eigenvalue weighted by atomic mass is 16.2. The highest BCUT2D eigenvalue weighted by molar-refractivity contribution is 5.78. The lowest BCUT2D eigenvalue weighted by Gasteiger charge is -2.21. The third-order valence-electron chi connectivity index (χ3n) is 2.69. The molecule has 0 saturated carbocycles. The third kappa shape index (κ3) is 5.47. The number of amides is 1. The van der Waals surface area contributed by atoms with Crippen LogP contribution in [-0.2, 0) is 4.79 Å². The van der Waals surface area contributed by atoms with E-state index in [2.05, 4.69) is 31.4 Å². The normalized spacial score (nSPS) is 16.8.